The van der Waals surface area contributed by atoms with Crippen molar-refractivity contribution >= 4 is 5.97 Å². The number of aliphatic carboxylic acids is 1. The lowest BCUT2D eigenvalue weighted by Gasteiger charge is -2.37. The maximum absolute atomic E-state index is 11.6. The summed E-state index contributed by atoms with van der Waals surface area (Å²) in [5, 5.41) is 9.56. The third-order valence-electron chi connectivity index (χ3n) is 4.72. The summed E-state index contributed by atoms with van der Waals surface area (Å²) in [6.45, 7) is 4.42. The zero-order valence-electron chi connectivity index (χ0n) is 12.2. The Morgan fingerprint density at radius 3 is 2.28 bits per heavy atom. The standard InChI is InChI=1S/C16H30O2/c1-3-5-6-7-11-16(15(17)18)12-9-14(8-4-2)10-13-16/h14H,3-13H2,1-2H3,(H,17,18). The highest BCUT2D eigenvalue weighted by Gasteiger charge is 2.40. The fourth-order valence-corrected chi connectivity index (χ4v) is 3.39. The molecule has 106 valence electrons. The maximum atomic E-state index is 11.6. The van der Waals surface area contributed by atoms with Crippen molar-refractivity contribution in [3.05, 3.63) is 0 Å². The van der Waals surface area contributed by atoms with Gasteiger partial charge in [0.2, 0.25) is 0 Å². The number of rotatable bonds is 8. The number of carboxylic acids is 1. The van der Waals surface area contributed by atoms with Crippen molar-refractivity contribution in [3.8, 4) is 0 Å². The lowest BCUT2D eigenvalue weighted by molar-refractivity contribution is -0.152. The van der Waals surface area contributed by atoms with Crippen LogP contribution in [0.3, 0.4) is 0 Å². The topological polar surface area (TPSA) is 37.3 Å². The molecule has 0 aromatic heterocycles. The Morgan fingerprint density at radius 2 is 1.78 bits per heavy atom. The molecule has 1 saturated carbocycles. The van der Waals surface area contributed by atoms with Gasteiger partial charge in [0.25, 0.3) is 0 Å². The summed E-state index contributed by atoms with van der Waals surface area (Å²) in [6, 6.07) is 0. The van der Waals surface area contributed by atoms with E-state index in [0.717, 1.165) is 44.4 Å². The van der Waals surface area contributed by atoms with Gasteiger partial charge in [-0.15, -0.1) is 0 Å². The monoisotopic (exact) mass is 254 g/mol. The molecule has 0 aromatic rings. The Balaban J connectivity index is 2.43. The molecule has 1 fully saturated rings. The summed E-state index contributed by atoms with van der Waals surface area (Å²) < 4.78 is 0. The Hall–Kier alpha value is -0.530. The summed E-state index contributed by atoms with van der Waals surface area (Å²) >= 11 is 0. The van der Waals surface area contributed by atoms with Crippen LogP contribution in [0, 0.1) is 11.3 Å². The van der Waals surface area contributed by atoms with Gasteiger partial charge in [-0.05, 0) is 38.0 Å². The summed E-state index contributed by atoms with van der Waals surface area (Å²) in [6.07, 6.45) is 12.3. The Bertz CT molecular complexity index is 234. The van der Waals surface area contributed by atoms with Gasteiger partial charge in [-0.25, -0.2) is 0 Å². The van der Waals surface area contributed by atoms with Crippen LogP contribution in [-0.2, 0) is 4.79 Å². The number of hydrogen-bond donors (Lipinski definition) is 1. The molecule has 0 bridgehead atoms. The van der Waals surface area contributed by atoms with Gasteiger partial charge in [-0.1, -0.05) is 52.4 Å². The van der Waals surface area contributed by atoms with Gasteiger partial charge in [-0.3, -0.25) is 4.79 Å². The molecule has 0 radical (unpaired) electrons. The van der Waals surface area contributed by atoms with E-state index in [-0.39, 0.29) is 5.41 Å². The first-order valence-electron chi connectivity index (χ1n) is 7.88. The highest BCUT2D eigenvalue weighted by Crippen LogP contribution is 2.44. The molecule has 2 nitrogen and oxygen atoms in total. The molecule has 0 aliphatic heterocycles. The number of carboxylic acid groups (broad SMARTS) is 1. The Kier molecular flexibility index (Phi) is 6.73. The van der Waals surface area contributed by atoms with Gasteiger partial charge < -0.3 is 5.11 Å². The molecule has 0 unspecified atom stereocenters. The highest BCUT2D eigenvalue weighted by molar-refractivity contribution is 5.74. The average molecular weight is 254 g/mol. The van der Waals surface area contributed by atoms with Crippen molar-refractivity contribution in [1.29, 1.82) is 0 Å². The maximum Gasteiger partial charge on any atom is 0.309 e. The fraction of sp³-hybridized carbons (Fsp3) is 0.938. The fourth-order valence-electron chi connectivity index (χ4n) is 3.39. The molecular weight excluding hydrogens is 224 g/mol. The minimum Gasteiger partial charge on any atom is -0.481 e. The smallest absolute Gasteiger partial charge is 0.309 e. The molecule has 18 heavy (non-hydrogen) atoms. The van der Waals surface area contributed by atoms with E-state index in [1.807, 2.05) is 0 Å². The predicted octanol–water partition coefficient (Wildman–Crippen LogP) is 5.02. The highest BCUT2D eigenvalue weighted by atomic mass is 16.4. The van der Waals surface area contributed by atoms with Crippen LogP contribution < -0.4 is 0 Å². The van der Waals surface area contributed by atoms with Gasteiger partial charge in [0.15, 0.2) is 0 Å². The predicted molar refractivity (Wildman–Crippen MR) is 75.7 cm³/mol. The van der Waals surface area contributed by atoms with Crippen molar-refractivity contribution < 1.29 is 9.90 Å². The van der Waals surface area contributed by atoms with E-state index in [2.05, 4.69) is 13.8 Å². The second-order valence-electron chi connectivity index (χ2n) is 6.13. The molecule has 0 heterocycles. The van der Waals surface area contributed by atoms with Crippen molar-refractivity contribution in [3.63, 3.8) is 0 Å². The second kappa shape index (κ2) is 7.81. The third kappa shape index (κ3) is 4.29. The molecule has 1 N–H and O–H groups in total. The summed E-state index contributed by atoms with van der Waals surface area (Å²) in [7, 11) is 0. The molecule has 0 spiro atoms. The van der Waals surface area contributed by atoms with Crippen LogP contribution in [0.5, 0.6) is 0 Å². The van der Waals surface area contributed by atoms with E-state index in [9.17, 15) is 9.90 Å². The van der Waals surface area contributed by atoms with Crippen LogP contribution in [-0.4, -0.2) is 11.1 Å². The first kappa shape index (κ1) is 15.5. The normalized spacial score (nSPS) is 28.2. The summed E-state index contributed by atoms with van der Waals surface area (Å²) in [4.78, 5) is 11.6. The molecule has 2 heteroatoms. The first-order chi connectivity index (χ1) is 8.64. The van der Waals surface area contributed by atoms with E-state index in [0.29, 0.717) is 0 Å². The minimum absolute atomic E-state index is 0.377. The van der Waals surface area contributed by atoms with Gasteiger partial charge in [-0.2, -0.15) is 0 Å². The van der Waals surface area contributed by atoms with E-state index in [1.165, 1.54) is 32.1 Å². The zero-order valence-corrected chi connectivity index (χ0v) is 12.2. The van der Waals surface area contributed by atoms with E-state index >= 15 is 0 Å². The molecule has 0 amide bonds. The van der Waals surface area contributed by atoms with Crippen LogP contribution in [0.4, 0.5) is 0 Å². The van der Waals surface area contributed by atoms with Crippen LogP contribution in [0.1, 0.15) is 84.5 Å². The Morgan fingerprint density at radius 1 is 1.11 bits per heavy atom. The van der Waals surface area contributed by atoms with Crippen molar-refractivity contribution in [2.75, 3.05) is 0 Å². The van der Waals surface area contributed by atoms with Crippen LogP contribution >= 0.6 is 0 Å². The van der Waals surface area contributed by atoms with Crippen LogP contribution in [0.25, 0.3) is 0 Å². The van der Waals surface area contributed by atoms with E-state index in [1.54, 1.807) is 0 Å². The zero-order chi connectivity index (χ0) is 13.4. The van der Waals surface area contributed by atoms with E-state index < -0.39 is 5.97 Å². The Labute approximate surface area is 112 Å². The largest absolute Gasteiger partial charge is 0.481 e. The van der Waals surface area contributed by atoms with Crippen molar-refractivity contribution in [2.45, 2.75) is 84.5 Å². The molecular formula is C16H30O2. The lowest BCUT2D eigenvalue weighted by Crippen LogP contribution is -2.35. The third-order valence-corrected chi connectivity index (χ3v) is 4.72. The van der Waals surface area contributed by atoms with Gasteiger partial charge in [0, 0.05) is 0 Å². The average Bonchev–Trinajstić information content (AvgIpc) is 2.37. The molecule has 0 atom stereocenters. The van der Waals surface area contributed by atoms with Crippen LogP contribution in [0.15, 0.2) is 0 Å². The minimum atomic E-state index is -0.533. The molecule has 1 rings (SSSR count). The molecule has 0 aromatic carbocycles. The number of carbonyl (C=O) groups is 1. The summed E-state index contributed by atoms with van der Waals surface area (Å²) in [5.74, 6) is 0.257. The van der Waals surface area contributed by atoms with Gasteiger partial charge >= 0.3 is 5.97 Å². The lowest BCUT2D eigenvalue weighted by atomic mass is 9.67. The quantitative estimate of drug-likeness (QED) is 0.618. The second-order valence-corrected chi connectivity index (χ2v) is 6.13. The van der Waals surface area contributed by atoms with Crippen LogP contribution in [0.2, 0.25) is 0 Å². The molecule has 1 aliphatic rings. The summed E-state index contributed by atoms with van der Waals surface area (Å²) in [5.41, 5.74) is -0.377. The molecule has 1 aliphatic carbocycles. The van der Waals surface area contributed by atoms with Gasteiger partial charge in [0.05, 0.1) is 5.41 Å². The SMILES string of the molecule is CCCCCCC1(C(=O)O)CCC(CCC)CC1. The van der Waals surface area contributed by atoms with Crippen molar-refractivity contribution in [2.24, 2.45) is 11.3 Å². The number of unbranched alkanes of at least 4 members (excludes halogenated alkanes) is 3. The molecule has 0 saturated heterocycles. The first-order valence-corrected chi connectivity index (χ1v) is 7.88. The van der Waals surface area contributed by atoms with E-state index in [4.69, 9.17) is 0 Å². The van der Waals surface area contributed by atoms with Gasteiger partial charge in [0.1, 0.15) is 0 Å². The number of hydrogen-bond acceptors (Lipinski definition) is 1. The van der Waals surface area contributed by atoms with Crippen molar-refractivity contribution in [1.82, 2.24) is 0 Å².